The molecule has 0 unspecified atom stereocenters. The zero-order valence-corrected chi connectivity index (χ0v) is 39.6. The van der Waals surface area contributed by atoms with Crippen molar-refractivity contribution in [1.29, 1.82) is 0 Å². The Balaban J connectivity index is 0.999. The van der Waals surface area contributed by atoms with Gasteiger partial charge in [-0.25, -0.2) is 15.0 Å². The Morgan fingerprint density at radius 2 is 0.838 bits per heavy atom. The van der Waals surface area contributed by atoms with Crippen LogP contribution in [0.25, 0.3) is 151 Å². The molecule has 3 aromatic heterocycles. The standard InChI is InChI=1S/C69H41N3S2/c1-2-15-42(16-3-1)49-18-6-7-20-51(49)59-26-14-28-63-66(59)60-38-35-47(41-65(60)74-63)69-71-67(70-68(72-69)46-34-36-56-54-23-9-8-21-52(54)53-22-10-11-24-55(53)61(56)39-46)44-31-29-43(30-32-44)48-17-4-5-19-50(48)45-33-37-58-57-25-12-13-27-62(57)73-64(58)40-45/h1-41H/i1D,2D,3D,6D,7D,8D,9D,10D,11D,14D,15D,18D,20D,21D,22D,23D,24D,28D,34D,35D,36D,38D,39D,41D. The quantitative estimate of drug-likeness (QED) is 0.149. The third-order valence-electron chi connectivity index (χ3n) is 13.0. The molecular formula is C69H41N3S2. The molecule has 0 amide bonds. The Hall–Kier alpha value is -9.13. The molecule has 0 radical (unpaired) electrons. The molecule has 0 spiro atoms. The van der Waals surface area contributed by atoms with Gasteiger partial charge >= 0.3 is 0 Å². The second kappa shape index (κ2) is 17.3. The monoisotopic (exact) mass is 999 g/mol. The third-order valence-corrected chi connectivity index (χ3v) is 15.2. The highest BCUT2D eigenvalue weighted by Gasteiger charge is 2.19. The minimum Gasteiger partial charge on any atom is -0.208 e. The normalized spacial score (nSPS) is 16.3. The van der Waals surface area contributed by atoms with Crippen LogP contribution in [0.2, 0.25) is 0 Å². The van der Waals surface area contributed by atoms with E-state index in [9.17, 15) is 13.7 Å². The van der Waals surface area contributed by atoms with E-state index in [1.54, 1.807) is 23.5 Å². The molecular weight excluding hydrogens is 935 g/mol. The second-order valence-electron chi connectivity index (χ2n) is 17.2. The highest BCUT2D eigenvalue weighted by molar-refractivity contribution is 7.26. The lowest BCUT2D eigenvalue weighted by molar-refractivity contribution is 1.08. The van der Waals surface area contributed by atoms with Gasteiger partial charge in [-0.3, -0.25) is 0 Å². The van der Waals surface area contributed by atoms with Crippen LogP contribution in [-0.4, -0.2) is 15.0 Å². The van der Waals surface area contributed by atoms with E-state index in [1.807, 2.05) is 48.5 Å². The maximum atomic E-state index is 10.1. The summed E-state index contributed by atoms with van der Waals surface area (Å²) in [5, 5.41) is -0.435. The Morgan fingerprint density at radius 1 is 0.270 bits per heavy atom. The van der Waals surface area contributed by atoms with Gasteiger partial charge in [-0.1, -0.05) is 218 Å². The van der Waals surface area contributed by atoms with Crippen molar-refractivity contribution >= 4 is 95.3 Å². The summed E-state index contributed by atoms with van der Waals surface area (Å²) in [5.41, 5.74) is 1.44. The van der Waals surface area contributed by atoms with E-state index in [-0.39, 0.29) is 53.6 Å². The van der Waals surface area contributed by atoms with Crippen LogP contribution in [-0.2, 0) is 0 Å². The van der Waals surface area contributed by atoms with E-state index in [0.29, 0.717) is 0 Å². The van der Waals surface area contributed by atoms with Gasteiger partial charge in [0.15, 0.2) is 17.5 Å². The first-order valence-corrected chi connectivity index (χ1v) is 24.7. The maximum Gasteiger partial charge on any atom is 0.164 e. The van der Waals surface area contributed by atoms with Crippen LogP contribution in [0.1, 0.15) is 32.9 Å². The molecule has 0 aliphatic rings. The molecule has 0 N–H and O–H groups in total. The predicted octanol–water partition coefficient (Wildman–Crippen LogP) is 19.7. The number of nitrogens with zero attached hydrogens (tertiary/aromatic N) is 3. The van der Waals surface area contributed by atoms with Crippen LogP contribution < -0.4 is 0 Å². The summed E-state index contributed by atoms with van der Waals surface area (Å²) in [5.74, 6) is -1.26. The van der Waals surface area contributed by atoms with E-state index in [4.69, 9.17) is 34.1 Å². The first kappa shape index (κ1) is 25.0. The number of fused-ring (bicyclic) bond motifs is 12. The van der Waals surface area contributed by atoms with Crippen LogP contribution in [0.15, 0.2) is 248 Å². The first-order chi connectivity index (χ1) is 46.6. The average Bonchev–Trinajstić information content (AvgIpc) is 0.776. The van der Waals surface area contributed by atoms with E-state index in [2.05, 4.69) is 30.3 Å². The summed E-state index contributed by atoms with van der Waals surface area (Å²) >= 11 is 2.42. The second-order valence-corrected chi connectivity index (χ2v) is 19.3. The zero-order chi connectivity index (χ0) is 69.6. The van der Waals surface area contributed by atoms with Crippen LogP contribution in [0.5, 0.6) is 0 Å². The fraction of sp³-hybridized carbons (Fsp3) is 0. The topological polar surface area (TPSA) is 38.7 Å². The fourth-order valence-corrected chi connectivity index (χ4v) is 11.8. The van der Waals surface area contributed by atoms with Gasteiger partial charge in [0.25, 0.3) is 0 Å². The zero-order valence-electron chi connectivity index (χ0n) is 62.0. The average molecular weight is 1000 g/mol. The van der Waals surface area contributed by atoms with E-state index >= 15 is 0 Å². The molecule has 15 aromatic rings. The van der Waals surface area contributed by atoms with Gasteiger partial charge in [-0.2, -0.15) is 0 Å². The van der Waals surface area contributed by atoms with E-state index in [1.165, 1.54) is 0 Å². The molecule has 0 atom stereocenters. The lowest BCUT2D eigenvalue weighted by Gasteiger charge is -2.13. The molecule has 74 heavy (non-hydrogen) atoms. The van der Waals surface area contributed by atoms with Gasteiger partial charge in [0.05, 0.1) is 32.9 Å². The lowest BCUT2D eigenvalue weighted by Crippen LogP contribution is -2.00. The molecule has 12 aromatic carbocycles. The molecule has 0 bridgehead atoms. The van der Waals surface area contributed by atoms with Gasteiger partial charge in [0, 0.05) is 57.0 Å². The van der Waals surface area contributed by atoms with Crippen molar-refractivity contribution in [2.45, 2.75) is 0 Å². The Labute approximate surface area is 468 Å². The fourth-order valence-electron chi connectivity index (χ4n) is 9.61. The van der Waals surface area contributed by atoms with Crippen molar-refractivity contribution in [3.8, 4) is 78.7 Å². The maximum absolute atomic E-state index is 10.1. The molecule has 3 heterocycles. The highest BCUT2D eigenvalue weighted by Crippen LogP contribution is 2.45. The number of hydrogen-bond donors (Lipinski definition) is 0. The van der Waals surface area contributed by atoms with Crippen molar-refractivity contribution in [2.75, 3.05) is 0 Å². The van der Waals surface area contributed by atoms with Gasteiger partial charge in [-0.05, 0) is 107 Å². The molecule has 15 rings (SSSR count). The number of hydrogen-bond acceptors (Lipinski definition) is 5. The van der Waals surface area contributed by atoms with Gasteiger partial charge in [0.2, 0.25) is 0 Å². The third kappa shape index (κ3) is 7.04. The molecule has 0 saturated heterocycles. The summed E-state index contributed by atoms with van der Waals surface area (Å²) in [4.78, 5) is 14.5. The van der Waals surface area contributed by atoms with Crippen molar-refractivity contribution in [3.63, 3.8) is 0 Å². The largest absolute Gasteiger partial charge is 0.208 e. The molecule has 0 aliphatic carbocycles. The summed E-state index contributed by atoms with van der Waals surface area (Å²) in [6.45, 7) is 0. The molecule has 3 nitrogen and oxygen atoms in total. The summed E-state index contributed by atoms with van der Waals surface area (Å²) in [6.07, 6.45) is 0. The summed E-state index contributed by atoms with van der Waals surface area (Å²) in [6, 6.07) is 14.9. The van der Waals surface area contributed by atoms with Crippen LogP contribution in [0, 0.1) is 0 Å². The first-order valence-electron chi connectivity index (χ1n) is 35.0. The predicted molar refractivity (Wildman–Crippen MR) is 316 cm³/mol. The van der Waals surface area contributed by atoms with Crippen molar-refractivity contribution in [2.24, 2.45) is 0 Å². The van der Waals surface area contributed by atoms with Crippen LogP contribution >= 0.6 is 22.7 Å². The minimum atomic E-state index is -0.787. The molecule has 0 saturated carbocycles. The summed E-state index contributed by atoms with van der Waals surface area (Å²) < 4.78 is 222. The Kier molecular flexibility index (Phi) is 5.84. The van der Waals surface area contributed by atoms with Crippen molar-refractivity contribution in [1.82, 2.24) is 15.0 Å². The molecule has 344 valence electrons. The smallest absolute Gasteiger partial charge is 0.164 e. The Morgan fingerprint density at radius 3 is 1.61 bits per heavy atom. The Bertz CT molecular complexity index is 6150. The number of benzene rings is 12. The number of thiophene rings is 2. The molecule has 0 fully saturated rings. The minimum absolute atomic E-state index is 0.0758. The molecule has 0 aliphatic heterocycles. The van der Waals surface area contributed by atoms with Gasteiger partial charge in [0.1, 0.15) is 0 Å². The number of rotatable bonds is 7. The lowest BCUT2D eigenvalue weighted by atomic mass is 9.92. The van der Waals surface area contributed by atoms with Crippen molar-refractivity contribution < 1.29 is 32.9 Å². The van der Waals surface area contributed by atoms with Crippen LogP contribution in [0.3, 0.4) is 0 Å². The summed E-state index contributed by atoms with van der Waals surface area (Å²) in [7, 11) is 0. The van der Waals surface area contributed by atoms with E-state index < -0.39 is 200 Å². The number of aromatic nitrogens is 3. The van der Waals surface area contributed by atoms with Crippen LogP contribution in [0.4, 0.5) is 0 Å². The van der Waals surface area contributed by atoms with Crippen molar-refractivity contribution in [3.05, 3.63) is 248 Å². The highest BCUT2D eigenvalue weighted by atomic mass is 32.1. The van der Waals surface area contributed by atoms with E-state index in [0.717, 1.165) is 65.9 Å². The van der Waals surface area contributed by atoms with Gasteiger partial charge in [-0.15, -0.1) is 22.7 Å². The SMILES string of the molecule is [2H]c1cc(-c2c([2H])c([2H])c([2H])c([2H])c2-c2cc([2H])c([2H])c3sc4c([2H])c(-c5nc(-c6ccc(-c7ccccc7-c7ccc8c(c7)sc7ccccc78)cc6)nc(-c6c([2H])c([2H])c7c8c([2H])c([2H])c([2H])c([2H])c8c8c([2H])c([2H])c([2H])c([2H])c8c7c6[2H])n5)c([2H])c([2H])c4c23)c([2H])c([2H])c1[2H]. The van der Waals surface area contributed by atoms with Gasteiger partial charge < -0.3 is 0 Å². The molecule has 5 heteroatoms.